The zero-order valence-electron chi connectivity index (χ0n) is 47.7. The summed E-state index contributed by atoms with van der Waals surface area (Å²) in [6.07, 6.45) is 4.15. The van der Waals surface area contributed by atoms with Gasteiger partial charge >= 0.3 is 13.3 Å². The van der Waals surface area contributed by atoms with Crippen LogP contribution in [0.15, 0.2) is 88.0 Å². The highest BCUT2D eigenvalue weighted by Gasteiger charge is 2.51. The highest BCUT2D eigenvalue weighted by molar-refractivity contribution is 9.10. The lowest BCUT2D eigenvalue weighted by Gasteiger charge is -2.36. The summed E-state index contributed by atoms with van der Waals surface area (Å²) in [7, 11) is -5.85. The molecule has 2 saturated heterocycles. The first-order valence-corrected chi connectivity index (χ1v) is 31.0. The molecule has 2 fully saturated rings. The Labute approximate surface area is 494 Å². The molecule has 24 heteroatoms. The van der Waals surface area contributed by atoms with Gasteiger partial charge in [-0.25, -0.2) is 0 Å². The number of carbonyl (C=O) groups is 7. The standard InChI is InChI=1S/C59H74BrF2N8O11PS/c1-35-43(24-27-63-35)37-16-14-36(15-17-37)33-65-52(74)45-32-42(71)34-70(45)56(78)50(57(2,3)4)66-49(73)13-9-8-10-26-64-48(72)25-29-68(41-21-19-40(60)20-22-41)54(76)44-12-11-28-69(44)55(77)51(58(5,6)7)67-53(75)47-31-38-30-39(18-23-46(38)83-47)59(61,62)82(79,80)81/h14-23,27,30-31,42,44-45,50-51,71H,8-13,24-26,28-29,32-34H2,1-7H3,(H,64,72)(H,65,74)(H,66,73)(H,67,75)(H2,79,80,81)/t42-,44+,45+,50?,51?/m1/s1. The average Bonchev–Trinajstić information content (AvgIpc) is 4.38. The molecular formula is C59H74BrF2N8O11PS. The molecule has 0 bridgehead atoms. The summed E-state index contributed by atoms with van der Waals surface area (Å²) in [5, 5.41) is 22.3. The number of carbonyl (C=O) groups excluding carboxylic acids is 7. The topological polar surface area (TPSA) is 267 Å². The van der Waals surface area contributed by atoms with Gasteiger partial charge in [0, 0.05) is 90.7 Å². The Morgan fingerprint density at radius 3 is 2.12 bits per heavy atom. The summed E-state index contributed by atoms with van der Waals surface area (Å²) in [5.41, 5.74) is -2.44. The number of benzene rings is 3. The molecule has 7 rings (SSSR count). The average molecular weight is 1250 g/mol. The van der Waals surface area contributed by atoms with Gasteiger partial charge in [0.25, 0.3) is 5.91 Å². The Morgan fingerprint density at radius 1 is 0.819 bits per heavy atom. The van der Waals surface area contributed by atoms with Gasteiger partial charge in [0.2, 0.25) is 35.4 Å². The van der Waals surface area contributed by atoms with Crippen LogP contribution in [0.1, 0.15) is 133 Å². The van der Waals surface area contributed by atoms with Gasteiger partial charge in [-0.3, -0.25) is 43.1 Å². The fraction of sp³-hybridized carbons (Fsp3) is 0.492. The summed E-state index contributed by atoms with van der Waals surface area (Å²) >= 11 is 4.38. The predicted octanol–water partition coefficient (Wildman–Crippen LogP) is 8.14. The number of aliphatic hydroxyl groups is 1. The van der Waals surface area contributed by atoms with Crippen molar-refractivity contribution < 1.29 is 61.8 Å². The molecule has 0 saturated carbocycles. The SMILES string of the molecule is CC1=C(c2ccc(CNC(=O)[C@@H]3C[C@@H](O)CN3C(=O)C(NC(=O)CCCCCNC(=O)CCN(C(=O)[C@@H]3CCCN3C(=O)C(NC(=O)c3cc4cc(C(F)(F)P(=O)(O)O)ccc4s3)C(C)(C)C)c3ccc(Br)cc3)C(C)(C)C)cc2)CC=N1. The number of amides is 7. The molecule has 7 N–H and O–H groups in total. The first-order valence-electron chi connectivity index (χ1n) is 27.7. The Kier molecular flexibility index (Phi) is 20.8. The number of hydrogen-bond acceptors (Lipinski definition) is 11. The van der Waals surface area contributed by atoms with Crippen LogP contribution < -0.4 is 26.2 Å². The zero-order chi connectivity index (χ0) is 60.8. The van der Waals surface area contributed by atoms with Crippen molar-refractivity contribution in [2.24, 2.45) is 15.8 Å². The van der Waals surface area contributed by atoms with E-state index in [0.29, 0.717) is 42.5 Å². The lowest BCUT2D eigenvalue weighted by Crippen LogP contribution is -2.58. The molecule has 7 amide bonds. The van der Waals surface area contributed by atoms with E-state index in [1.165, 1.54) is 26.8 Å². The number of β-amino-alcohol motifs (C(OH)–C–C–N with tert-alkyl or cyclic N) is 1. The highest BCUT2D eigenvalue weighted by atomic mass is 79.9. The Hall–Kier alpha value is -6.23. The van der Waals surface area contributed by atoms with Crippen LogP contribution in [0.5, 0.6) is 0 Å². The van der Waals surface area contributed by atoms with Gasteiger partial charge in [0.05, 0.1) is 11.0 Å². The second-order valence-electron chi connectivity index (χ2n) is 23.5. The zero-order valence-corrected chi connectivity index (χ0v) is 51.0. The van der Waals surface area contributed by atoms with Crippen LogP contribution >= 0.6 is 34.9 Å². The van der Waals surface area contributed by atoms with Crippen LogP contribution in [0.25, 0.3) is 15.7 Å². The van der Waals surface area contributed by atoms with E-state index in [-0.39, 0.29) is 74.1 Å². The lowest BCUT2D eigenvalue weighted by molar-refractivity contribution is -0.144. The first-order chi connectivity index (χ1) is 38.9. The van der Waals surface area contributed by atoms with Crippen molar-refractivity contribution in [3.05, 3.63) is 105 Å². The van der Waals surface area contributed by atoms with Crippen LogP contribution in [0.2, 0.25) is 0 Å². The summed E-state index contributed by atoms with van der Waals surface area (Å²) in [5.74, 6) is -3.18. The molecule has 448 valence electrons. The molecular weight excluding hydrogens is 1180 g/mol. The quantitative estimate of drug-likeness (QED) is 0.0292. The Bertz CT molecular complexity index is 3190. The number of thiophene rings is 1. The first kappa shape index (κ1) is 64.3. The van der Waals surface area contributed by atoms with E-state index < -0.39 is 89.5 Å². The molecule has 83 heavy (non-hydrogen) atoms. The van der Waals surface area contributed by atoms with Gasteiger partial charge in [0.1, 0.15) is 24.2 Å². The maximum absolute atomic E-state index is 14.6. The molecule has 19 nitrogen and oxygen atoms in total. The van der Waals surface area contributed by atoms with E-state index in [4.69, 9.17) is 0 Å². The van der Waals surface area contributed by atoms with E-state index in [9.17, 15) is 61.8 Å². The molecule has 0 radical (unpaired) electrons. The highest BCUT2D eigenvalue weighted by Crippen LogP contribution is 2.59. The number of anilines is 1. The van der Waals surface area contributed by atoms with Gasteiger partial charge < -0.3 is 50.9 Å². The number of rotatable bonds is 22. The number of likely N-dealkylation sites (tertiary alicyclic amines) is 2. The van der Waals surface area contributed by atoms with Crippen LogP contribution in [0.4, 0.5) is 14.5 Å². The number of fused-ring (bicyclic) bond motifs is 1. The smallest absolute Gasteiger partial charge is 0.391 e. The molecule has 5 atom stereocenters. The van der Waals surface area contributed by atoms with E-state index in [2.05, 4.69) is 42.2 Å². The molecule has 2 unspecified atom stereocenters. The van der Waals surface area contributed by atoms with Crippen molar-refractivity contribution in [3.63, 3.8) is 0 Å². The van der Waals surface area contributed by atoms with Crippen LogP contribution in [-0.4, -0.2) is 129 Å². The van der Waals surface area contributed by atoms with Gasteiger partial charge in [-0.05, 0) is 108 Å². The second kappa shape index (κ2) is 26.8. The summed E-state index contributed by atoms with van der Waals surface area (Å²) in [6.45, 7) is 13.3. The number of unbranched alkanes of at least 4 members (excludes halogenated alkanes) is 2. The number of aliphatic hydroxyl groups excluding tert-OH is 1. The summed E-state index contributed by atoms with van der Waals surface area (Å²) < 4.78 is 41.8. The number of nitrogens with one attached hydrogen (secondary N) is 4. The third-order valence-electron chi connectivity index (χ3n) is 15.1. The normalized spacial score (nSPS) is 18.3. The van der Waals surface area contributed by atoms with Crippen molar-refractivity contribution in [2.45, 2.75) is 149 Å². The van der Waals surface area contributed by atoms with E-state index in [1.807, 2.05) is 58.2 Å². The Morgan fingerprint density at radius 2 is 1.48 bits per heavy atom. The van der Waals surface area contributed by atoms with Crippen LogP contribution in [-0.2, 0) is 45.5 Å². The molecule has 3 aromatic carbocycles. The third-order valence-corrected chi connectivity index (χ3v) is 17.7. The fourth-order valence-corrected chi connectivity index (χ4v) is 12.1. The van der Waals surface area contributed by atoms with Crippen molar-refractivity contribution in [2.75, 3.05) is 31.1 Å². The lowest BCUT2D eigenvalue weighted by atomic mass is 9.85. The van der Waals surface area contributed by atoms with Crippen molar-refractivity contribution in [1.82, 2.24) is 31.1 Å². The van der Waals surface area contributed by atoms with Gasteiger partial charge in [-0.15, -0.1) is 11.3 Å². The predicted molar refractivity (Wildman–Crippen MR) is 317 cm³/mol. The van der Waals surface area contributed by atoms with E-state index in [0.717, 1.165) is 56.8 Å². The van der Waals surface area contributed by atoms with Crippen LogP contribution in [0.3, 0.4) is 0 Å². The van der Waals surface area contributed by atoms with Crippen molar-refractivity contribution in [1.29, 1.82) is 0 Å². The molecule has 0 spiro atoms. The number of nitrogens with zero attached hydrogens (tertiary/aromatic N) is 4. The minimum absolute atomic E-state index is 0.0304. The Balaban J connectivity index is 0.889. The number of hydrogen-bond donors (Lipinski definition) is 7. The maximum Gasteiger partial charge on any atom is 0.399 e. The van der Waals surface area contributed by atoms with Gasteiger partial charge in [-0.2, -0.15) is 8.78 Å². The summed E-state index contributed by atoms with van der Waals surface area (Å²) in [4.78, 5) is 125. The molecule has 4 aromatic rings. The minimum Gasteiger partial charge on any atom is -0.391 e. The van der Waals surface area contributed by atoms with Gasteiger partial charge in [-0.1, -0.05) is 94.2 Å². The molecule has 3 aliphatic heterocycles. The monoisotopic (exact) mass is 1250 g/mol. The third kappa shape index (κ3) is 16.0. The van der Waals surface area contributed by atoms with Crippen molar-refractivity contribution in [3.8, 4) is 0 Å². The fourth-order valence-electron chi connectivity index (χ4n) is 10.4. The number of allylic oxidation sites excluding steroid dienone is 2. The number of halogens is 3. The molecule has 4 heterocycles. The van der Waals surface area contributed by atoms with Gasteiger partial charge in [0.15, 0.2) is 0 Å². The van der Waals surface area contributed by atoms with Crippen LogP contribution in [0, 0.1) is 10.8 Å². The number of aliphatic imine (C=N–C) groups is 1. The largest absolute Gasteiger partial charge is 0.399 e. The maximum atomic E-state index is 14.6. The summed E-state index contributed by atoms with van der Waals surface area (Å²) in [6, 6.07) is 15.1. The minimum atomic E-state index is -5.85. The molecule has 0 aliphatic carbocycles. The number of alkyl halides is 2. The van der Waals surface area contributed by atoms with E-state index in [1.54, 1.807) is 45.0 Å². The van der Waals surface area contributed by atoms with E-state index >= 15 is 0 Å². The second-order valence-corrected chi connectivity index (χ2v) is 27.2. The molecule has 3 aliphatic rings. The van der Waals surface area contributed by atoms with Crippen molar-refractivity contribution >= 4 is 104 Å². The molecule has 1 aromatic heterocycles.